The molecule has 3 aliphatic heterocycles. The van der Waals surface area contributed by atoms with Crippen molar-refractivity contribution >= 4 is 17.6 Å². The average Bonchev–Trinajstić information content (AvgIpc) is 3.11. The standard InChI is InChI=1S/C22H33N5O3/c1-4-5-6-7-12-25-20(29)18-19(24(3)22(25)30)23-21-26(13-17(28)14-27(18)21)16-10-8-15(2)9-11-16/h8-11,17-19,21,23,28H,4-7,12-14H2,1-3H3. The predicted octanol–water partition coefficient (Wildman–Crippen LogP) is 1.53. The SMILES string of the molecule is CCCCCCN1C(=O)C2C(NC3N(c4ccc(C)cc4)CC(O)CN23)N(C)C1=O. The number of carbonyl (C=O) groups excluding carboxylic acids is 2. The molecule has 4 atom stereocenters. The summed E-state index contributed by atoms with van der Waals surface area (Å²) in [4.78, 5) is 33.4. The van der Waals surface area contributed by atoms with Crippen LogP contribution in [-0.2, 0) is 4.79 Å². The zero-order valence-electron chi connectivity index (χ0n) is 18.1. The zero-order valence-corrected chi connectivity index (χ0v) is 18.1. The number of anilines is 1. The molecule has 3 fully saturated rings. The summed E-state index contributed by atoms with van der Waals surface area (Å²) in [5.41, 5.74) is 2.15. The number of urea groups is 1. The number of β-amino-alcohol motifs (C(OH)–C–C–N with tert-alkyl or cyclic N) is 1. The van der Waals surface area contributed by atoms with Gasteiger partial charge in [-0.25, -0.2) is 4.79 Å². The second-order valence-corrected chi connectivity index (χ2v) is 8.71. The van der Waals surface area contributed by atoms with Crippen LogP contribution in [0.25, 0.3) is 0 Å². The van der Waals surface area contributed by atoms with Gasteiger partial charge in [0.1, 0.15) is 18.5 Å². The van der Waals surface area contributed by atoms with E-state index in [9.17, 15) is 14.7 Å². The Morgan fingerprint density at radius 2 is 1.83 bits per heavy atom. The van der Waals surface area contributed by atoms with E-state index in [2.05, 4.69) is 17.1 Å². The van der Waals surface area contributed by atoms with Crippen LogP contribution in [-0.4, -0.2) is 83.0 Å². The van der Waals surface area contributed by atoms with Crippen LogP contribution in [0.4, 0.5) is 10.5 Å². The van der Waals surface area contributed by atoms with Gasteiger partial charge in [0.25, 0.3) is 5.91 Å². The molecule has 3 heterocycles. The van der Waals surface area contributed by atoms with Crippen molar-refractivity contribution in [1.82, 2.24) is 20.0 Å². The lowest BCUT2D eigenvalue weighted by Crippen LogP contribution is -2.67. The van der Waals surface area contributed by atoms with Gasteiger partial charge in [0, 0.05) is 32.4 Å². The highest BCUT2D eigenvalue weighted by Gasteiger charge is 2.56. The molecular formula is C22H33N5O3. The highest BCUT2D eigenvalue weighted by Crippen LogP contribution is 2.33. The Morgan fingerprint density at radius 3 is 2.53 bits per heavy atom. The summed E-state index contributed by atoms with van der Waals surface area (Å²) >= 11 is 0. The van der Waals surface area contributed by atoms with Crippen molar-refractivity contribution in [3.05, 3.63) is 29.8 Å². The lowest BCUT2D eigenvalue weighted by molar-refractivity contribution is -0.139. The van der Waals surface area contributed by atoms with Crippen LogP contribution in [0, 0.1) is 6.92 Å². The van der Waals surface area contributed by atoms with Gasteiger partial charge in [-0.15, -0.1) is 0 Å². The van der Waals surface area contributed by atoms with Gasteiger partial charge < -0.3 is 14.9 Å². The number of imide groups is 1. The fourth-order valence-corrected chi connectivity index (χ4v) is 4.83. The molecule has 4 rings (SSSR count). The van der Waals surface area contributed by atoms with E-state index in [-0.39, 0.29) is 18.2 Å². The molecule has 1 aromatic rings. The topological polar surface area (TPSA) is 79.4 Å². The number of nitrogens with zero attached hydrogens (tertiary/aromatic N) is 4. The first-order chi connectivity index (χ1) is 14.4. The van der Waals surface area contributed by atoms with Crippen molar-refractivity contribution < 1.29 is 14.7 Å². The lowest BCUT2D eigenvalue weighted by Gasteiger charge is -2.45. The van der Waals surface area contributed by atoms with Gasteiger partial charge in [-0.05, 0) is 25.5 Å². The minimum atomic E-state index is -0.572. The number of unbranched alkanes of at least 4 members (excludes halogenated alkanes) is 3. The van der Waals surface area contributed by atoms with Gasteiger partial charge in [0.15, 0.2) is 0 Å². The number of fused-ring (bicyclic) bond motifs is 3. The number of likely N-dealkylation sites (N-methyl/N-ethyl adjacent to an activating group) is 1. The van der Waals surface area contributed by atoms with Gasteiger partial charge in [-0.3, -0.25) is 19.9 Å². The maximum absolute atomic E-state index is 13.4. The number of hydrogen-bond acceptors (Lipinski definition) is 6. The Hall–Kier alpha value is -2.16. The summed E-state index contributed by atoms with van der Waals surface area (Å²) in [6.07, 6.45) is 2.83. The largest absolute Gasteiger partial charge is 0.390 e. The Labute approximate surface area is 178 Å². The van der Waals surface area contributed by atoms with Gasteiger partial charge in [0.05, 0.1) is 6.10 Å². The number of amides is 3. The van der Waals surface area contributed by atoms with Gasteiger partial charge >= 0.3 is 6.03 Å². The first kappa shape index (κ1) is 21.1. The first-order valence-electron chi connectivity index (χ1n) is 11.0. The number of rotatable bonds is 6. The highest BCUT2D eigenvalue weighted by molar-refractivity contribution is 6.00. The quantitative estimate of drug-likeness (QED) is 0.686. The van der Waals surface area contributed by atoms with E-state index in [1.807, 2.05) is 36.1 Å². The Kier molecular flexibility index (Phi) is 5.99. The van der Waals surface area contributed by atoms with E-state index in [4.69, 9.17) is 0 Å². The average molecular weight is 416 g/mol. The molecule has 1 aromatic carbocycles. The smallest absolute Gasteiger partial charge is 0.327 e. The summed E-state index contributed by atoms with van der Waals surface area (Å²) in [7, 11) is 1.75. The van der Waals surface area contributed by atoms with Crippen LogP contribution in [0.15, 0.2) is 24.3 Å². The summed E-state index contributed by atoms with van der Waals surface area (Å²) < 4.78 is 0. The summed E-state index contributed by atoms with van der Waals surface area (Å²) in [6, 6.07) is 7.42. The number of aryl methyl sites for hydroxylation is 1. The van der Waals surface area contributed by atoms with E-state index in [1.165, 1.54) is 10.5 Å². The van der Waals surface area contributed by atoms with Crippen LogP contribution in [0.5, 0.6) is 0 Å². The maximum atomic E-state index is 13.4. The molecule has 0 aromatic heterocycles. The number of hydrogen-bond donors (Lipinski definition) is 2. The molecule has 0 radical (unpaired) electrons. The highest BCUT2D eigenvalue weighted by atomic mass is 16.3. The minimum Gasteiger partial charge on any atom is -0.390 e. The predicted molar refractivity (Wildman–Crippen MR) is 115 cm³/mol. The third-order valence-corrected chi connectivity index (χ3v) is 6.48. The van der Waals surface area contributed by atoms with E-state index in [1.54, 1.807) is 11.9 Å². The van der Waals surface area contributed by atoms with Crippen molar-refractivity contribution in [2.45, 2.75) is 64.1 Å². The van der Waals surface area contributed by atoms with Crippen molar-refractivity contribution in [3.8, 4) is 0 Å². The molecule has 3 aliphatic rings. The van der Waals surface area contributed by atoms with Crippen molar-refractivity contribution in [3.63, 3.8) is 0 Å². The van der Waals surface area contributed by atoms with Crippen LogP contribution in [0.3, 0.4) is 0 Å². The van der Waals surface area contributed by atoms with Crippen LogP contribution in [0.2, 0.25) is 0 Å². The Bertz CT molecular complexity index is 785. The van der Waals surface area contributed by atoms with Crippen molar-refractivity contribution in [2.75, 3.05) is 31.6 Å². The molecule has 30 heavy (non-hydrogen) atoms. The molecule has 0 spiro atoms. The molecule has 4 unspecified atom stereocenters. The number of nitrogens with one attached hydrogen (secondary N) is 1. The first-order valence-corrected chi connectivity index (χ1v) is 11.0. The molecule has 2 N–H and O–H groups in total. The summed E-state index contributed by atoms with van der Waals surface area (Å²) in [5, 5.41) is 14.1. The number of carbonyl (C=O) groups is 2. The van der Waals surface area contributed by atoms with Crippen LogP contribution < -0.4 is 10.2 Å². The van der Waals surface area contributed by atoms with Crippen LogP contribution in [0.1, 0.15) is 38.2 Å². The normalized spacial score (nSPS) is 29.4. The fraction of sp³-hybridized carbons (Fsp3) is 0.636. The molecule has 3 saturated heterocycles. The summed E-state index contributed by atoms with van der Waals surface area (Å²) in [5.74, 6) is -0.160. The van der Waals surface area contributed by atoms with E-state index >= 15 is 0 Å². The molecular weight excluding hydrogens is 382 g/mol. The van der Waals surface area contributed by atoms with E-state index in [0.717, 1.165) is 31.4 Å². The number of aliphatic hydroxyl groups is 1. The summed E-state index contributed by atoms with van der Waals surface area (Å²) in [6.45, 7) is 5.51. The fourth-order valence-electron chi connectivity index (χ4n) is 4.83. The number of benzene rings is 1. The second kappa shape index (κ2) is 8.53. The minimum absolute atomic E-state index is 0.160. The van der Waals surface area contributed by atoms with Gasteiger partial charge in [-0.2, -0.15) is 0 Å². The van der Waals surface area contributed by atoms with Gasteiger partial charge in [-0.1, -0.05) is 43.9 Å². The maximum Gasteiger partial charge on any atom is 0.327 e. The third-order valence-electron chi connectivity index (χ3n) is 6.48. The molecule has 0 saturated carbocycles. The molecule has 8 heteroatoms. The molecule has 164 valence electrons. The Balaban J connectivity index is 1.58. The van der Waals surface area contributed by atoms with E-state index in [0.29, 0.717) is 19.6 Å². The van der Waals surface area contributed by atoms with Crippen LogP contribution >= 0.6 is 0 Å². The lowest BCUT2D eigenvalue weighted by atomic mass is 10.1. The Morgan fingerprint density at radius 1 is 1.10 bits per heavy atom. The molecule has 8 nitrogen and oxygen atoms in total. The second-order valence-electron chi connectivity index (χ2n) is 8.71. The molecule has 0 aliphatic carbocycles. The van der Waals surface area contributed by atoms with Crippen molar-refractivity contribution in [2.24, 2.45) is 0 Å². The monoisotopic (exact) mass is 415 g/mol. The zero-order chi connectivity index (χ0) is 21.4. The number of aliphatic hydroxyl groups excluding tert-OH is 1. The molecule has 3 amide bonds. The van der Waals surface area contributed by atoms with Gasteiger partial charge in [0.2, 0.25) is 0 Å². The molecule has 0 bridgehead atoms. The van der Waals surface area contributed by atoms with E-state index < -0.39 is 18.3 Å². The van der Waals surface area contributed by atoms with Crippen molar-refractivity contribution in [1.29, 1.82) is 0 Å². The third kappa shape index (κ3) is 3.68.